The predicted octanol–water partition coefficient (Wildman–Crippen LogP) is 2.01. The molecule has 3 heterocycles. The fraction of sp³-hybridized carbons (Fsp3) is 0.368. The summed E-state index contributed by atoms with van der Waals surface area (Å²) in [5.41, 5.74) is 1.10. The Balaban J connectivity index is 1.82. The molecule has 9 heteroatoms. The SMILES string of the molecule is CCOCCCNC(=O)Cn1nc(-c2ccco2)c(-c2cc(C)no2)cc1=O. The summed E-state index contributed by atoms with van der Waals surface area (Å²) in [6.45, 7) is 5.18. The Kier molecular flexibility index (Phi) is 6.38. The number of nitrogens with zero attached hydrogens (tertiary/aromatic N) is 3. The molecule has 0 saturated heterocycles. The Morgan fingerprint density at radius 3 is 2.86 bits per heavy atom. The molecule has 1 N–H and O–H groups in total. The minimum absolute atomic E-state index is 0.198. The molecule has 0 saturated carbocycles. The molecule has 0 bridgehead atoms. The zero-order chi connectivity index (χ0) is 19.9. The highest BCUT2D eigenvalue weighted by molar-refractivity contribution is 5.77. The summed E-state index contributed by atoms with van der Waals surface area (Å²) in [6, 6.07) is 6.51. The van der Waals surface area contributed by atoms with Gasteiger partial charge in [-0.2, -0.15) is 5.10 Å². The van der Waals surface area contributed by atoms with E-state index in [9.17, 15) is 9.59 Å². The fourth-order valence-corrected chi connectivity index (χ4v) is 2.62. The van der Waals surface area contributed by atoms with Gasteiger partial charge in [-0.15, -0.1) is 0 Å². The van der Waals surface area contributed by atoms with Crippen LogP contribution >= 0.6 is 0 Å². The molecule has 9 nitrogen and oxygen atoms in total. The molecule has 28 heavy (non-hydrogen) atoms. The maximum Gasteiger partial charge on any atom is 0.268 e. The Morgan fingerprint density at radius 1 is 1.32 bits per heavy atom. The number of nitrogens with one attached hydrogen (secondary N) is 1. The molecule has 3 aromatic rings. The highest BCUT2D eigenvalue weighted by Gasteiger charge is 2.19. The number of aromatic nitrogens is 3. The number of carbonyl (C=O) groups is 1. The summed E-state index contributed by atoms with van der Waals surface area (Å²) in [5, 5.41) is 10.9. The highest BCUT2D eigenvalue weighted by atomic mass is 16.5. The van der Waals surface area contributed by atoms with E-state index in [1.807, 2.05) is 6.92 Å². The standard InChI is InChI=1S/C19H22N4O5/c1-3-26-8-5-7-20-17(24)12-23-18(25)11-14(16-10-13(2)22-28-16)19(21-23)15-6-4-9-27-15/h4,6,9-11H,3,5,7-8,12H2,1-2H3,(H,20,24). The van der Waals surface area contributed by atoms with E-state index in [-0.39, 0.29) is 12.5 Å². The van der Waals surface area contributed by atoms with Crippen molar-refractivity contribution in [3.05, 3.63) is 46.6 Å². The predicted molar refractivity (Wildman–Crippen MR) is 101 cm³/mol. The van der Waals surface area contributed by atoms with E-state index in [2.05, 4.69) is 15.6 Å². The summed E-state index contributed by atoms with van der Waals surface area (Å²) >= 11 is 0. The first kappa shape index (κ1) is 19.6. The summed E-state index contributed by atoms with van der Waals surface area (Å²) in [7, 11) is 0. The van der Waals surface area contributed by atoms with Gasteiger partial charge >= 0.3 is 0 Å². The van der Waals surface area contributed by atoms with Gasteiger partial charge in [0.2, 0.25) is 5.91 Å². The number of hydrogen-bond donors (Lipinski definition) is 1. The van der Waals surface area contributed by atoms with Gasteiger partial charge < -0.3 is 19.0 Å². The van der Waals surface area contributed by atoms with Crippen molar-refractivity contribution in [2.75, 3.05) is 19.8 Å². The molecular formula is C19H22N4O5. The third-order valence-electron chi connectivity index (χ3n) is 3.93. The normalized spacial score (nSPS) is 10.9. The Labute approximate surface area is 161 Å². The number of ether oxygens (including phenoxy) is 1. The van der Waals surface area contributed by atoms with Crippen LogP contribution < -0.4 is 10.9 Å². The molecular weight excluding hydrogens is 364 g/mol. The maximum absolute atomic E-state index is 12.5. The van der Waals surface area contributed by atoms with Crippen LogP contribution in [0.15, 0.2) is 44.3 Å². The van der Waals surface area contributed by atoms with E-state index in [1.54, 1.807) is 25.1 Å². The molecule has 3 rings (SSSR count). The van der Waals surface area contributed by atoms with Crippen LogP contribution in [0.2, 0.25) is 0 Å². The minimum atomic E-state index is -0.427. The van der Waals surface area contributed by atoms with E-state index in [1.165, 1.54) is 12.3 Å². The average molecular weight is 386 g/mol. The van der Waals surface area contributed by atoms with Gasteiger partial charge in [0, 0.05) is 31.9 Å². The van der Waals surface area contributed by atoms with Crippen LogP contribution in [0.25, 0.3) is 22.8 Å². The van der Waals surface area contributed by atoms with Crippen LogP contribution in [0.4, 0.5) is 0 Å². The summed E-state index contributed by atoms with van der Waals surface area (Å²) < 4.78 is 17.0. The first-order chi connectivity index (χ1) is 13.6. The molecule has 0 atom stereocenters. The molecule has 0 aliphatic carbocycles. The van der Waals surface area contributed by atoms with Crippen LogP contribution in [0, 0.1) is 6.92 Å². The van der Waals surface area contributed by atoms with Crippen molar-refractivity contribution in [2.45, 2.75) is 26.8 Å². The largest absolute Gasteiger partial charge is 0.463 e. The van der Waals surface area contributed by atoms with Gasteiger partial charge in [0.05, 0.1) is 17.5 Å². The van der Waals surface area contributed by atoms with Crippen molar-refractivity contribution in [3.8, 4) is 22.8 Å². The zero-order valence-electron chi connectivity index (χ0n) is 15.8. The second kappa shape index (κ2) is 9.14. The molecule has 0 aliphatic heterocycles. The first-order valence-corrected chi connectivity index (χ1v) is 9.02. The molecule has 0 radical (unpaired) electrons. The lowest BCUT2D eigenvalue weighted by atomic mass is 10.1. The van der Waals surface area contributed by atoms with E-state index >= 15 is 0 Å². The number of hydrogen-bond acceptors (Lipinski definition) is 7. The monoisotopic (exact) mass is 386 g/mol. The second-order valence-electron chi connectivity index (χ2n) is 6.11. The van der Waals surface area contributed by atoms with Gasteiger partial charge in [-0.25, -0.2) is 4.68 Å². The summed E-state index contributed by atoms with van der Waals surface area (Å²) in [5.74, 6) is 0.552. The zero-order valence-corrected chi connectivity index (χ0v) is 15.8. The minimum Gasteiger partial charge on any atom is -0.463 e. The number of amides is 1. The lowest BCUT2D eigenvalue weighted by molar-refractivity contribution is -0.121. The molecule has 0 aromatic carbocycles. The van der Waals surface area contributed by atoms with E-state index in [4.69, 9.17) is 13.7 Å². The topological polar surface area (TPSA) is 112 Å². The Bertz CT molecular complexity index is 975. The Hall–Kier alpha value is -3.20. The summed E-state index contributed by atoms with van der Waals surface area (Å²) in [6.07, 6.45) is 2.20. The van der Waals surface area contributed by atoms with Gasteiger partial charge in [0.1, 0.15) is 12.2 Å². The van der Waals surface area contributed by atoms with Crippen molar-refractivity contribution in [1.82, 2.24) is 20.3 Å². The fourth-order valence-electron chi connectivity index (χ4n) is 2.62. The van der Waals surface area contributed by atoms with E-state index in [0.717, 1.165) is 4.68 Å². The smallest absolute Gasteiger partial charge is 0.268 e. The molecule has 1 amide bonds. The van der Waals surface area contributed by atoms with Crippen LogP contribution in [-0.4, -0.2) is 40.6 Å². The molecule has 0 spiro atoms. The lowest BCUT2D eigenvalue weighted by Crippen LogP contribution is -2.34. The van der Waals surface area contributed by atoms with E-state index < -0.39 is 5.56 Å². The molecule has 3 aromatic heterocycles. The van der Waals surface area contributed by atoms with Gasteiger partial charge in [0.25, 0.3) is 5.56 Å². The van der Waals surface area contributed by atoms with Gasteiger partial charge in [-0.3, -0.25) is 9.59 Å². The van der Waals surface area contributed by atoms with Crippen LogP contribution in [-0.2, 0) is 16.1 Å². The molecule has 0 aliphatic rings. The van der Waals surface area contributed by atoms with Crippen LogP contribution in [0.1, 0.15) is 19.0 Å². The van der Waals surface area contributed by atoms with Crippen molar-refractivity contribution in [2.24, 2.45) is 0 Å². The van der Waals surface area contributed by atoms with Crippen molar-refractivity contribution in [3.63, 3.8) is 0 Å². The number of furan rings is 1. The van der Waals surface area contributed by atoms with Crippen molar-refractivity contribution in [1.29, 1.82) is 0 Å². The van der Waals surface area contributed by atoms with Gasteiger partial charge in [0.15, 0.2) is 11.5 Å². The first-order valence-electron chi connectivity index (χ1n) is 9.02. The quantitative estimate of drug-likeness (QED) is 0.560. The maximum atomic E-state index is 12.5. The van der Waals surface area contributed by atoms with E-state index in [0.29, 0.717) is 54.7 Å². The molecule has 148 valence electrons. The lowest BCUT2D eigenvalue weighted by Gasteiger charge is -2.10. The summed E-state index contributed by atoms with van der Waals surface area (Å²) in [4.78, 5) is 24.7. The number of aryl methyl sites for hydroxylation is 1. The second-order valence-corrected chi connectivity index (χ2v) is 6.11. The third kappa shape index (κ3) is 4.74. The third-order valence-corrected chi connectivity index (χ3v) is 3.93. The molecule has 0 fully saturated rings. The Morgan fingerprint density at radius 2 is 2.18 bits per heavy atom. The van der Waals surface area contributed by atoms with Crippen molar-refractivity contribution < 1.29 is 18.5 Å². The van der Waals surface area contributed by atoms with Crippen LogP contribution in [0.3, 0.4) is 0 Å². The average Bonchev–Trinajstić information content (AvgIpc) is 3.35. The van der Waals surface area contributed by atoms with Gasteiger partial charge in [-0.05, 0) is 32.4 Å². The molecule has 0 unspecified atom stereocenters. The van der Waals surface area contributed by atoms with Gasteiger partial charge in [-0.1, -0.05) is 5.16 Å². The number of rotatable bonds is 9. The highest BCUT2D eigenvalue weighted by Crippen LogP contribution is 2.29. The van der Waals surface area contributed by atoms with Crippen LogP contribution in [0.5, 0.6) is 0 Å². The number of carbonyl (C=O) groups excluding carboxylic acids is 1. The van der Waals surface area contributed by atoms with Crippen molar-refractivity contribution >= 4 is 5.91 Å².